The number of methoxy groups -OCH3 is 2. The summed E-state index contributed by atoms with van der Waals surface area (Å²) in [5, 5.41) is 0. The van der Waals surface area contributed by atoms with Crippen molar-refractivity contribution in [2.24, 2.45) is 0 Å². The van der Waals surface area contributed by atoms with Crippen molar-refractivity contribution < 1.29 is 42.7 Å². The molecule has 0 unspecified atom stereocenters. The largest absolute Gasteiger partial charge is 0.487 e. The van der Waals surface area contributed by atoms with Crippen molar-refractivity contribution in [1.82, 2.24) is 29.7 Å². The number of aromatic amines is 2. The number of hydrogen-bond donors (Lipinski definition) is 2. The molecular formula is C42H56N6O9. The number of morpholine rings is 1. The van der Waals surface area contributed by atoms with E-state index in [1.165, 1.54) is 0 Å². The smallest absolute Gasteiger partial charge is 0.411 e. The van der Waals surface area contributed by atoms with Crippen LogP contribution in [0.3, 0.4) is 0 Å². The van der Waals surface area contributed by atoms with Gasteiger partial charge < -0.3 is 43.1 Å². The van der Waals surface area contributed by atoms with E-state index in [-0.39, 0.29) is 25.3 Å². The fourth-order valence-corrected chi connectivity index (χ4v) is 6.83. The highest BCUT2D eigenvalue weighted by Crippen LogP contribution is 2.45. The quantitative estimate of drug-likeness (QED) is 0.129. The first-order valence-corrected chi connectivity index (χ1v) is 19.4. The lowest BCUT2D eigenvalue weighted by atomic mass is 9.98. The molecule has 2 amide bonds. The molecule has 2 fully saturated rings. The van der Waals surface area contributed by atoms with E-state index in [0.717, 1.165) is 46.5 Å². The fourth-order valence-electron chi connectivity index (χ4n) is 6.83. The Kier molecular flexibility index (Phi) is 13.1. The maximum absolute atomic E-state index is 13.1. The Labute approximate surface area is 334 Å². The Hall–Kier alpha value is -5.12. The number of carbonyl (C=O) groups is 2. The van der Waals surface area contributed by atoms with E-state index in [9.17, 15) is 9.59 Å². The molecule has 0 aliphatic carbocycles. The predicted octanol–water partition coefficient (Wildman–Crippen LogP) is 7.56. The van der Waals surface area contributed by atoms with E-state index in [1.54, 1.807) is 36.4 Å². The first-order valence-electron chi connectivity index (χ1n) is 19.4. The van der Waals surface area contributed by atoms with Crippen LogP contribution in [0.15, 0.2) is 48.8 Å². The van der Waals surface area contributed by atoms with Crippen molar-refractivity contribution in [3.63, 3.8) is 0 Å². The second-order valence-corrected chi connectivity index (χ2v) is 16.0. The van der Waals surface area contributed by atoms with Crippen LogP contribution >= 0.6 is 0 Å². The normalized spacial score (nSPS) is 17.5. The van der Waals surface area contributed by atoms with E-state index < -0.39 is 23.3 Å². The Morgan fingerprint density at radius 3 is 1.84 bits per heavy atom. The summed E-state index contributed by atoms with van der Waals surface area (Å²) in [6, 6.07) is 11.4. The second kappa shape index (κ2) is 18.0. The number of likely N-dealkylation sites (tertiary alicyclic amines) is 1. The molecule has 0 saturated carbocycles. The molecule has 0 radical (unpaired) electrons. The minimum absolute atomic E-state index is 0.243. The highest BCUT2D eigenvalue weighted by atomic mass is 16.6. The molecule has 4 aromatic rings. The van der Waals surface area contributed by atoms with Gasteiger partial charge in [-0.1, -0.05) is 24.3 Å². The monoisotopic (exact) mass is 788 g/mol. The third kappa shape index (κ3) is 10.3. The van der Waals surface area contributed by atoms with Crippen LogP contribution in [0.1, 0.15) is 78.1 Å². The van der Waals surface area contributed by atoms with Crippen LogP contribution in [0.5, 0.6) is 11.5 Å². The van der Waals surface area contributed by atoms with Crippen LogP contribution in [0.2, 0.25) is 0 Å². The zero-order chi connectivity index (χ0) is 40.7. The molecule has 2 aliphatic rings. The number of nitrogens with one attached hydrogen (secondary N) is 2. The van der Waals surface area contributed by atoms with Gasteiger partial charge in [0.1, 0.15) is 42.1 Å². The summed E-state index contributed by atoms with van der Waals surface area (Å²) in [6.07, 6.45) is 4.39. The highest BCUT2D eigenvalue weighted by Gasteiger charge is 2.36. The van der Waals surface area contributed by atoms with Gasteiger partial charge in [-0.2, -0.15) is 0 Å². The lowest BCUT2D eigenvalue weighted by Crippen LogP contribution is -2.46. The van der Waals surface area contributed by atoms with Crippen LogP contribution in [-0.4, -0.2) is 120 Å². The minimum Gasteiger partial charge on any atom is -0.487 e. The van der Waals surface area contributed by atoms with Gasteiger partial charge in [-0.3, -0.25) is 9.80 Å². The Morgan fingerprint density at radius 2 is 1.23 bits per heavy atom. The number of amides is 2. The van der Waals surface area contributed by atoms with Gasteiger partial charge in [-0.15, -0.1) is 0 Å². The molecular weight excluding hydrogens is 732 g/mol. The summed E-state index contributed by atoms with van der Waals surface area (Å²) in [7, 11) is 3.25. The number of hydrogen-bond acceptors (Lipinski definition) is 11. The number of H-pyrrole nitrogens is 2. The van der Waals surface area contributed by atoms with Gasteiger partial charge in [0.05, 0.1) is 56.3 Å². The molecule has 4 heterocycles. The molecule has 0 spiro atoms. The summed E-state index contributed by atoms with van der Waals surface area (Å²) < 4.78 is 40.6. The van der Waals surface area contributed by atoms with Gasteiger partial charge in [0, 0.05) is 38.4 Å². The summed E-state index contributed by atoms with van der Waals surface area (Å²) in [5.74, 6) is 2.37. The number of rotatable bonds is 13. The third-order valence-electron chi connectivity index (χ3n) is 9.44. The molecule has 57 heavy (non-hydrogen) atoms. The van der Waals surface area contributed by atoms with Crippen LogP contribution in [0.25, 0.3) is 33.6 Å². The van der Waals surface area contributed by atoms with Crippen LogP contribution in [0, 0.1) is 0 Å². The van der Waals surface area contributed by atoms with Gasteiger partial charge in [-0.05, 0) is 77.6 Å². The molecule has 308 valence electrons. The Bertz CT molecular complexity index is 1960. The molecule has 2 atom stereocenters. The molecule has 6 rings (SSSR count). The maximum atomic E-state index is 13.1. The lowest BCUT2D eigenvalue weighted by molar-refractivity contribution is -0.0349. The van der Waals surface area contributed by atoms with Crippen LogP contribution in [-0.2, 0) is 23.7 Å². The highest BCUT2D eigenvalue weighted by molar-refractivity contribution is 5.83. The van der Waals surface area contributed by atoms with Gasteiger partial charge in [0.2, 0.25) is 0 Å². The van der Waals surface area contributed by atoms with Crippen LogP contribution in [0.4, 0.5) is 9.59 Å². The zero-order valence-corrected chi connectivity index (χ0v) is 34.3. The third-order valence-corrected chi connectivity index (χ3v) is 9.44. The first-order chi connectivity index (χ1) is 27.3. The Morgan fingerprint density at radius 1 is 0.702 bits per heavy atom. The van der Waals surface area contributed by atoms with E-state index in [2.05, 4.69) is 15.0 Å². The first kappa shape index (κ1) is 41.5. The van der Waals surface area contributed by atoms with E-state index in [1.807, 2.05) is 77.9 Å². The van der Waals surface area contributed by atoms with Crippen molar-refractivity contribution in [2.75, 3.05) is 67.0 Å². The SMILES string of the molecule is COCCOc1c(-c2ccc(-c3cnc([C@@H]4COCCN4C(=O)OC(C)(C)C)[nH]3)cc2)ccc(-c2cnc([C@@H]3CCCN3C(=O)OC(C)(C)C)[nH]2)c1OCCOC. The molecule has 2 N–H and O–H groups in total. The number of imidazole rings is 2. The summed E-state index contributed by atoms with van der Waals surface area (Å²) in [5.41, 5.74) is 3.66. The van der Waals surface area contributed by atoms with E-state index >= 15 is 0 Å². The number of carbonyl (C=O) groups excluding carboxylic acids is 2. The molecule has 15 nitrogen and oxygen atoms in total. The van der Waals surface area contributed by atoms with Gasteiger partial charge >= 0.3 is 12.2 Å². The molecule has 2 aliphatic heterocycles. The van der Waals surface area contributed by atoms with E-state index in [0.29, 0.717) is 62.7 Å². The lowest BCUT2D eigenvalue weighted by Gasteiger charge is -2.35. The minimum atomic E-state index is -0.618. The molecule has 0 bridgehead atoms. The van der Waals surface area contributed by atoms with Crippen molar-refractivity contribution in [3.05, 3.63) is 60.4 Å². The van der Waals surface area contributed by atoms with E-state index in [4.69, 9.17) is 38.1 Å². The van der Waals surface area contributed by atoms with Crippen LogP contribution < -0.4 is 9.47 Å². The van der Waals surface area contributed by atoms with Crippen molar-refractivity contribution in [2.45, 2.75) is 77.7 Å². The molecule has 2 aromatic heterocycles. The summed E-state index contributed by atoms with van der Waals surface area (Å²) >= 11 is 0. The average Bonchev–Trinajstić information content (AvgIpc) is 3.96. The molecule has 2 saturated heterocycles. The molecule has 2 aromatic carbocycles. The number of ether oxygens (including phenoxy) is 7. The summed E-state index contributed by atoms with van der Waals surface area (Å²) in [4.78, 5) is 45.8. The van der Waals surface area contributed by atoms with Gasteiger partial charge in [0.25, 0.3) is 0 Å². The standard InChI is InChI=1S/C42H56N6O9/c1-41(2,3)56-39(49)47-17-9-10-33(47)37-44-25-32(46-37)30-16-15-29(35(54-22-20-51-7)36(30)55-23-21-52-8)27-11-13-28(14-12-27)31-24-43-38(45-31)34-26-53-19-18-48(34)40(50)57-42(4,5)6/h11-16,24-25,33-34H,9-10,17-23,26H2,1-8H3,(H,43,45)(H,44,46)/t33-,34-/m0/s1. The molecule has 15 heteroatoms. The van der Waals surface area contributed by atoms with Crippen molar-refractivity contribution >= 4 is 12.2 Å². The topological polar surface area (TPSA) is 163 Å². The average molecular weight is 789 g/mol. The van der Waals surface area contributed by atoms with Gasteiger partial charge in [-0.25, -0.2) is 19.6 Å². The number of nitrogens with zero attached hydrogens (tertiary/aromatic N) is 4. The predicted molar refractivity (Wildman–Crippen MR) is 213 cm³/mol. The summed E-state index contributed by atoms with van der Waals surface area (Å²) in [6.45, 7) is 14.2. The number of aromatic nitrogens is 4. The zero-order valence-electron chi connectivity index (χ0n) is 34.3. The fraction of sp³-hybridized carbons (Fsp3) is 0.524. The van der Waals surface area contributed by atoms with Gasteiger partial charge in [0.15, 0.2) is 11.5 Å². The number of benzene rings is 2. The van der Waals surface area contributed by atoms with Crippen molar-refractivity contribution in [1.29, 1.82) is 0 Å². The van der Waals surface area contributed by atoms with Crippen molar-refractivity contribution in [3.8, 4) is 45.1 Å². The second-order valence-electron chi connectivity index (χ2n) is 16.0. The Balaban J connectivity index is 1.29. The maximum Gasteiger partial charge on any atom is 0.411 e.